The van der Waals surface area contributed by atoms with Crippen LogP contribution in [0.4, 0.5) is 4.39 Å². The van der Waals surface area contributed by atoms with Gasteiger partial charge in [0.25, 0.3) is 11.8 Å². The van der Waals surface area contributed by atoms with E-state index < -0.39 is 18.3 Å². The first-order valence-electron chi connectivity index (χ1n) is 11.2. The lowest BCUT2D eigenvalue weighted by Crippen LogP contribution is -2.41. The highest BCUT2D eigenvalue weighted by Crippen LogP contribution is 2.42. The molecule has 1 saturated heterocycles. The van der Waals surface area contributed by atoms with E-state index in [-0.39, 0.29) is 36.4 Å². The fourth-order valence-corrected chi connectivity index (χ4v) is 3.97. The van der Waals surface area contributed by atoms with Gasteiger partial charge in [-0.15, -0.1) is 0 Å². The summed E-state index contributed by atoms with van der Waals surface area (Å²) in [7, 11) is -0.487. The largest absolute Gasteiger partial charge is 0.465 e. The molecule has 2 aliphatic heterocycles. The number of benzene rings is 1. The molecule has 0 bridgehead atoms. The van der Waals surface area contributed by atoms with Crippen LogP contribution in [0.25, 0.3) is 0 Å². The van der Waals surface area contributed by atoms with Gasteiger partial charge in [-0.1, -0.05) is 38.0 Å². The minimum absolute atomic E-state index is 0.162. The van der Waals surface area contributed by atoms with Crippen molar-refractivity contribution in [3.63, 3.8) is 0 Å². The Labute approximate surface area is 185 Å². The van der Waals surface area contributed by atoms with E-state index in [1.165, 1.54) is 4.90 Å². The van der Waals surface area contributed by atoms with Crippen LogP contribution >= 0.6 is 0 Å². The minimum Gasteiger partial charge on any atom is -0.403 e. The first-order chi connectivity index (χ1) is 14.6. The number of hydrogen-bond acceptors (Lipinski definition) is 4. The van der Waals surface area contributed by atoms with Crippen LogP contribution in [0.2, 0.25) is 5.82 Å². The van der Waals surface area contributed by atoms with Gasteiger partial charge >= 0.3 is 7.12 Å². The van der Waals surface area contributed by atoms with Crippen molar-refractivity contribution in [3.05, 3.63) is 47.3 Å². The van der Waals surface area contributed by atoms with Crippen LogP contribution in [-0.4, -0.2) is 41.6 Å². The Morgan fingerprint density at radius 1 is 1.06 bits per heavy atom. The summed E-state index contributed by atoms with van der Waals surface area (Å²) >= 11 is 0. The van der Waals surface area contributed by atoms with Gasteiger partial charge in [-0.25, -0.2) is 4.39 Å². The lowest BCUT2D eigenvalue weighted by Gasteiger charge is -2.32. The number of allylic oxidation sites excluding steroid dienone is 2. The van der Waals surface area contributed by atoms with E-state index in [1.807, 2.05) is 27.7 Å². The summed E-state index contributed by atoms with van der Waals surface area (Å²) in [5.41, 5.74) is -0.0802. The first kappa shape index (κ1) is 23.7. The average Bonchev–Trinajstić information content (AvgIpc) is 3.08. The topological polar surface area (TPSA) is 55.8 Å². The van der Waals surface area contributed by atoms with Crippen molar-refractivity contribution in [2.45, 2.75) is 83.7 Å². The third-order valence-electron chi connectivity index (χ3n) is 6.58. The summed E-state index contributed by atoms with van der Waals surface area (Å²) < 4.78 is 27.1. The van der Waals surface area contributed by atoms with Gasteiger partial charge in [0, 0.05) is 18.8 Å². The van der Waals surface area contributed by atoms with Crippen molar-refractivity contribution >= 4 is 18.9 Å². The van der Waals surface area contributed by atoms with Crippen molar-refractivity contribution < 1.29 is 23.3 Å². The Morgan fingerprint density at radius 2 is 1.61 bits per heavy atom. The Balaban J connectivity index is 1.60. The van der Waals surface area contributed by atoms with E-state index in [9.17, 15) is 14.0 Å². The fraction of sp³-hybridized carbons (Fsp3) is 0.583. The highest BCUT2D eigenvalue weighted by atomic mass is 19.1. The number of hydrogen-bond donors (Lipinski definition) is 0. The molecule has 0 spiro atoms. The molecule has 0 N–H and O–H groups in total. The van der Waals surface area contributed by atoms with Crippen LogP contribution in [0, 0.1) is 0 Å². The van der Waals surface area contributed by atoms with Gasteiger partial charge in [-0.05, 0) is 52.7 Å². The van der Waals surface area contributed by atoms with Gasteiger partial charge in [-0.3, -0.25) is 14.5 Å². The third kappa shape index (κ3) is 4.93. The lowest BCUT2D eigenvalue weighted by molar-refractivity contribution is 0.00578. The second-order valence-corrected chi connectivity index (χ2v) is 9.46. The average molecular weight is 429 g/mol. The predicted octanol–water partition coefficient (Wildman–Crippen LogP) is 5.57. The van der Waals surface area contributed by atoms with Gasteiger partial charge in [0.15, 0.2) is 0 Å². The Kier molecular flexibility index (Phi) is 7.06. The SMILES string of the molecule is CCCC[C@@H](/C=C(\F)CCCN1C(=O)c2ccccc2C1=O)B1OC(C)(C)C(C)(C)O1. The van der Waals surface area contributed by atoms with Gasteiger partial charge < -0.3 is 9.31 Å². The lowest BCUT2D eigenvalue weighted by atomic mass is 9.69. The van der Waals surface area contributed by atoms with Gasteiger partial charge in [-0.2, -0.15) is 0 Å². The zero-order valence-electron chi connectivity index (χ0n) is 19.2. The van der Waals surface area contributed by atoms with Crippen LogP contribution < -0.4 is 0 Å². The monoisotopic (exact) mass is 429 g/mol. The van der Waals surface area contributed by atoms with E-state index in [1.54, 1.807) is 30.3 Å². The molecule has 1 aromatic rings. The van der Waals surface area contributed by atoms with E-state index in [0.717, 1.165) is 19.3 Å². The number of nitrogens with zero attached hydrogens (tertiary/aromatic N) is 1. The molecule has 2 amide bonds. The Morgan fingerprint density at radius 3 is 2.13 bits per heavy atom. The van der Waals surface area contributed by atoms with E-state index in [0.29, 0.717) is 17.5 Å². The molecule has 1 aromatic carbocycles. The van der Waals surface area contributed by atoms with Crippen molar-refractivity contribution in [1.82, 2.24) is 4.90 Å². The zero-order valence-corrected chi connectivity index (χ0v) is 19.2. The van der Waals surface area contributed by atoms with Crippen LogP contribution in [0.1, 0.15) is 87.4 Å². The quantitative estimate of drug-likeness (QED) is 0.381. The summed E-state index contributed by atoms with van der Waals surface area (Å²) in [6, 6.07) is 6.78. The van der Waals surface area contributed by atoms with Gasteiger partial charge in [0.1, 0.15) is 0 Å². The van der Waals surface area contributed by atoms with Crippen LogP contribution in [0.5, 0.6) is 0 Å². The van der Waals surface area contributed by atoms with E-state index in [4.69, 9.17) is 9.31 Å². The van der Waals surface area contributed by atoms with Crippen molar-refractivity contribution in [2.24, 2.45) is 0 Å². The number of amides is 2. The second kappa shape index (κ2) is 9.25. The van der Waals surface area contributed by atoms with Crippen molar-refractivity contribution in [2.75, 3.05) is 6.54 Å². The van der Waals surface area contributed by atoms with Crippen LogP contribution in [-0.2, 0) is 9.31 Å². The van der Waals surface area contributed by atoms with Gasteiger partial charge in [0.05, 0.1) is 28.2 Å². The molecule has 0 aliphatic carbocycles. The normalized spacial score (nSPS) is 21.0. The Hall–Kier alpha value is -1.99. The van der Waals surface area contributed by atoms with Crippen LogP contribution in [0.3, 0.4) is 0 Å². The molecule has 168 valence electrons. The zero-order chi connectivity index (χ0) is 22.8. The summed E-state index contributed by atoms with van der Waals surface area (Å²) in [4.78, 5) is 26.1. The van der Waals surface area contributed by atoms with E-state index >= 15 is 0 Å². The van der Waals surface area contributed by atoms with Crippen molar-refractivity contribution in [1.29, 1.82) is 0 Å². The molecule has 0 unspecified atom stereocenters. The standard InChI is InChI=1S/C24H33BFNO4/c1-6-7-11-17(25-30-23(2,3)24(4,5)31-25)16-18(26)12-10-15-27-21(28)19-13-8-9-14-20(19)22(27)29/h8-9,13-14,16-17H,6-7,10-12,15H2,1-5H3/b18-16-/t17-/m0/s1. The maximum absolute atomic E-state index is 14.8. The summed E-state index contributed by atoms with van der Waals surface area (Å²) in [6.45, 7) is 10.3. The molecule has 1 atom stereocenters. The smallest absolute Gasteiger partial charge is 0.403 e. The molecule has 7 heteroatoms. The number of carbonyl (C=O) groups is 2. The van der Waals surface area contributed by atoms with Crippen molar-refractivity contribution in [3.8, 4) is 0 Å². The van der Waals surface area contributed by atoms with Crippen LogP contribution in [0.15, 0.2) is 36.2 Å². The molecule has 0 aromatic heterocycles. The number of halogens is 1. The summed E-state index contributed by atoms with van der Waals surface area (Å²) in [5, 5.41) is 0. The molecule has 3 rings (SSSR count). The highest BCUT2D eigenvalue weighted by Gasteiger charge is 2.53. The molecule has 2 heterocycles. The van der Waals surface area contributed by atoms with Gasteiger partial charge in [0.2, 0.25) is 0 Å². The maximum Gasteiger partial charge on any atom is 0.465 e. The molecule has 2 aliphatic rings. The second-order valence-electron chi connectivity index (χ2n) is 9.46. The number of unbranched alkanes of at least 4 members (excludes halogenated alkanes) is 1. The Bertz CT molecular complexity index is 816. The summed E-state index contributed by atoms with van der Waals surface area (Å²) in [5.74, 6) is -1.04. The minimum atomic E-state index is -0.487. The molecule has 0 saturated carbocycles. The molecular weight excluding hydrogens is 396 g/mol. The number of rotatable bonds is 9. The number of carbonyl (C=O) groups excluding carboxylic acids is 2. The molecule has 0 radical (unpaired) electrons. The highest BCUT2D eigenvalue weighted by molar-refractivity contribution is 6.48. The molecular formula is C24H33BFNO4. The predicted molar refractivity (Wildman–Crippen MR) is 120 cm³/mol. The number of fused-ring (bicyclic) bond motifs is 1. The molecule has 5 nitrogen and oxygen atoms in total. The fourth-order valence-electron chi connectivity index (χ4n) is 3.97. The third-order valence-corrected chi connectivity index (χ3v) is 6.58. The van der Waals surface area contributed by atoms with E-state index in [2.05, 4.69) is 6.92 Å². The number of imide groups is 1. The first-order valence-corrected chi connectivity index (χ1v) is 11.2. The molecule has 1 fully saturated rings. The maximum atomic E-state index is 14.8. The molecule has 31 heavy (non-hydrogen) atoms. The summed E-state index contributed by atoms with van der Waals surface area (Å²) in [6.07, 6.45) is 4.88.